The van der Waals surface area contributed by atoms with Crippen molar-refractivity contribution in [3.8, 4) is 11.1 Å². The number of nitrogens with two attached hydrogens (primary N) is 1. The lowest BCUT2D eigenvalue weighted by Crippen LogP contribution is -2.36. The highest BCUT2D eigenvalue weighted by Gasteiger charge is 2.29. The van der Waals surface area contributed by atoms with Gasteiger partial charge in [0.25, 0.3) is 0 Å². The number of aliphatic hydroxyl groups excluding tert-OH is 2. The number of alkyl carbamates (subject to hydrolysis) is 1. The Morgan fingerprint density at radius 3 is 2.18 bits per heavy atom. The summed E-state index contributed by atoms with van der Waals surface area (Å²) in [5.41, 5.74) is 12.3. The van der Waals surface area contributed by atoms with E-state index in [4.69, 9.17) is 10.5 Å². The van der Waals surface area contributed by atoms with Crippen LogP contribution in [0.5, 0.6) is 0 Å². The first-order valence-corrected chi connectivity index (χ1v) is 11.5. The molecule has 0 aromatic heterocycles. The van der Waals surface area contributed by atoms with Gasteiger partial charge < -0.3 is 26.0 Å². The second-order valence-corrected chi connectivity index (χ2v) is 9.81. The number of fused-ring (bicyclic) bond motifs is 3. The first kappa shape index (κ1) is 23.8. The van der Waals surface area contributed by atoms with Crippen molar-refractivity contribution in [2.75, 3.05) is 18.9 Å². The zero-order valence-corrected chi connectivity index (χ0v) is 19.8. The van der Waals surface area contributed by atoms with Crippen LogP contribution >= 0.6 is 0 Å². The third-order valence-corrected chi connectivity index (χ3v) is 6.44. The Hall–Kier alpha value is -3.35. The molecule has 5 N–H and O–H groups in total. The molecule has 0 aliphatic heterocycles. The van der Waals surface area contributed by atoms with Crippen LogP contribution in [-0.2, 0) is 10.2 Å². The predicted molar refractivity (Wildman–Crippen MR) is 134 cm³/mol. The molecule has 4 rings (SSSR count). The molecule has 0 spiro atoms. The molecule has 178 valence electrons. The summed E-state index contributed by atoms with van der Waals surface area (Å²) in [7, 11) is 0. The molecule has 0 radical (unpaired) electrons. The average Bonchev–Trinajstić information content (AvgIpc) is 3.14. The smallest absolute Gasteiger partial charge is 0.407 e. The minimum atomic E-state index is -1.24. The Balaban J connectivity index is 1.36. The fourth-order valence-corrected chi connectivity index (χ4v) is 4.45. The van der Waals surface area contributed by atoms with Crippen LogP contribution in [-0.4, -0.2) is 35.6 Å². The second kappa shape index (κ2) is 9.49. The molecule has 0 saturated carbocycles. The van der Waals surface area contributed by atoms with Crippen LogP contribution < -0.4 is 11.1 Å². The van der Waals surface area contributed by atoms with E-state index in [0.717, 1.165) is 27.8 Å². The van der Waals surface area contributed by atoms with E-state index in [9.17, 15) is 15.0 Å². The van der Waals surface area contributed by atoms with Gasteiger partial charge in [0.1, 0.15) is 18.8 Å². The summed E-state index contributed by atoms with van der Waals surface area (Å²) in [6.45, 7) is 6.19. The van der Waals surface area contributed by atoms with Crippen LogP contribution in [0.1, 0.15) is 55.0 Å². The van der Waals surface area contributed by atoms with Crippen molar-refractivity contribution in [3.05, 3.63) is 89.0 Å². The summed E-state index contributed by atoms with van der Waals surface area (Å²) < 4.78 is 5.50. The summed E-state index contributed by atoms with van der Waals surface area (Å²) in [5.74, 6) is -0.0476. The lowest BCUT2D eigenvalue weighted by molar-refractivity contribution is 0.0189. The molecule has 0 heterocycles. The van der Waals surface area contributed by atoms with Gasteiger partial charge in [-0.05, 0) is 39.3 Å². The summed E-state index contributed by atoms with van der Waals surface area (Å²) in [4.78, 5) is 12.4. The third-order valence-electron chi connectivity index (χ3n) is 6.44. The molecule has 1 amide bonds. The third kappa shape index (κ3) is 4.79. The molecule has 3 aromatic rings. The van der Waals surface area contributed by atoms with Crippen LogP contribution in [0, 0.1) is 0 Å². The number of carbonyl (C=O) groups excluding carboxylic acids is 1. The van der Waals surface area contributed by atoms with Gasteiger partial charge >= 0.3 is 6.09 Å². The van der Waals surface area contributed by atoms with Crippen molar-refractivity contribution in [1.29, 1.82) is 0 Å². The van der Waals surface area contributed by atoms with E-state index in [0.29, 0.717) is 11.3 Å². The monoisotopic (exact) mass is 460 g/mol. The van der Waals surface area contributed by atoms with Gasteiger partial charge in [-0.3, -0.25) is 0 Å². The number of hydrogen-bond donors (Lipinski definition) is 4. The molecule has 6 nitrogen and oxygen atoms in total. The highest BCUT2D eigenvalue weighted by atomic mass is 16.5. The van der Waals surface area contributed by atoms with Crippen molar-refractivity contribution in [3.63, 3.8) is 0 Å². The predicted octanol–water partition coefficient (Wildman–Crippen LogP) is 4.50. The van der Waals surface area contributed by atoms with Crippen LogP contribution in [0.2, 0.25) is 0 Å². The van der Waals surface area contributed by atoms with Gasteiger partial charge in [0.15, 0.2) is 0 Å². The molecule has 2 atom stereocenters. The average molecular weight is 461 g/mol. The van der Waals surface area contributed by atoms with Crippen LogP contribution in [0.3, 0.4) is 0 Å². The fourth-order valence-electron chi connectivity index (χ4n) is 4.45. The molecule has 34 heavy (non-hydrogen) atoms. The zero-order valence-electron chi connectivity index (χ0n) is 19.8. The van der Waals surface area contributed by atoms with Gasteiger partial charge in [0.2, 0.25) is 0 Å². The number of nitrogens with one attached hydrogen (secondary N) is 1. The maximum atomic E-state index is 12.4. The Labute approximate surface area is 200 Å². The van der Waals surface area contributed by atoms with Crippen LogP contribution in [0.25, 0.3) is 11.1 Å². The Kier molecular flexibility index (Phi) is 6.64. The normalized spacial score (nSPS) is 14.7. The number of amides is 1. The number of rotatable bonds is 6. The summed E-state index contributed by atoms with van der Waals surface area (Å²) >= 11 is 0. The van der Waals surface area contributed by atoms with Gasteiger partial charge in [-0.25, -0.2) is 4.79 Å². The first-order valence-electron chi connectivity index (χ1n) is 11.5. The van der Waals surface area contributed by atoms with Crippen LogP contribution in [0.15, 0.2) is 66.7 Å². The molecule has 1 aliphatic carbocycles. The molecule has 0 bridgehead atoms. The largest absolute Gasteiger partial charge is 0.449 e. The highest BCUT2D eigenvalue weighted by Crippen LogP contribution is 2.44. The van der Waals surface area contributed by atoms with E-state index < -0.39 is 18.3 Å². The maximum Gasteiger partial charge on any atom is 0.407 e. The van der Waals surface area contributed by atoms with Gasteiger partial charge in [-0.15, -0.1) is 0 Å². The molecular formula is C28H32N2O4. The molecule has 1 aliphatic rings. The topological polar surface area (TPSA) is 105 Å². The van der Waals surface area contributed by atoms with Crippen molar-refractivity contribution < 1.29 is 19.7 Å². The quantitative estimate of drug-likeness (QED) is 0.406. The maximum absolute atomic E-state index is 12.4. The Morgan fingerprint density at radius 1 is 1.00 bits per heavy atom. The number of carbonyl (C=O) groups is 1. The van der Waals surface area contributed by atoms with E-state index in [1.165, 1.54) is 0 Å². The van der Waals surface area contributed by atoms with Gasteiger partial charge in [-0.2, -0.15) is 0 Å². The minimum Gasteiger partial charge on any atom is -0.449 e. The lowest BCUT2D eigenvalue weighted by atomic mass is 9.85. The summed E-state index contributed by atoms with van der Waals surface area (Å²) in [5, 5.41) is 23.7. The Bertz CT molecular complexity index is 1140. The fraction of sp³-hybridized carbons (Fsp3) is 0.321. The van der Waals surface area contributed by atoms with Crippen molar-refractivity contribution in [2.45, 2.75) is 44.3 Å². The number of anilines is 1. The second-order valence-electron chi connectivity index (χ2n) is 9.81. The van der Waals surface area contributed by atoms with Gasteiger partial charge in [0, 0.05) is 23.7 Å². The highest BCUT2D eigenvalue weighted by molar-refractivity contribution is 5.79. The minimum absolute atomic E-state index is 0.0476. The van der Waals surface area contributed by atoms with Gasteiger partial charge in [0.05, 0.1) is 0 Å². The number of hydrogen-bond acceptors (Lipinski definition) is 5. The van der Waals surface area contributed by atoms with Crippen molar-refractivity contribution in [1.82, 2.24) is 5.32 Å². The van der Waals surface area contributed by atoms with Crippen LogP contribution in [0.4, 0.5) is 10.5 Å². The van der Waals surface area contributed by atoms with E-state index in [2.05, 4.69) is 50.4 Å². The number of nitrogen functional groups attached to an aromatic ring is 1. The van der Waals surface area contributed by atoms with Crippen molar-refractivity contribution >= 4 is 11.8 Å². The SMILES string of the molecule is CC(C)(C)c1ccc(N)c(C(O)C(O)CNC(=O)OCC2c3ccccc3-c3ccccc32)c1. The summed E-state index contributed by atoms with van der Waals surface area (Å²) in [6.07, 6.45) is -3.13. The first-order chi connectivity index (χ1) is 16.2. The molecule has 0 fully saturated rings. The summed E-state index contributed by atoms with van der Waals surface area (Å²) in [6, 6.07) is 21.7. The van der Waals surface area contributed by atoms with Crippen molar-refractivity contribution in [2.24, 2.45) is 0 Å². The molecule has 6 heteroatoms. The van der Waals surface area contributed by atoms with E-state index in [-0.39, 0.29) is 24.5 Å². The van der Waals surface area contributed by atoms with E-state index >= 15 is 0 Å². The number of aliphatic hydroxyl groups is 2. The molecule has 2 unspecified atom stereocenters. The standard InChI is InChI=1S/C28H32N2O4/c1-28(2,3)17-12-13-24(29)22(14-17)26(32)25(31)15-30-27(33)34-16-23-20-10-6-4-8-18(20)19-9-5-7-11-21(19)23/h4-14,23,25-26,31-32H,15-16,29H2,1-3H3,(H,30,33). The zero-order chi connectivity index (χ0) is 24.5. The van der Waals surface area contributed by atoms with E-state index in [1.54, 1.807) is 12.1 Å². The molecule has 3 aromatic carbocycles. The number of ether oxygens (including phenoxy) is 1. The number of benzene rings is 3. The van der Waals surface area contributed by atoms with Gasteiger partial charge in [-0.1, -0.05) is 81.4 Å². The van der Waals surface area contributed by atoms with E-state index in [1.807, 2.05) is 30.3 Å². The molecular weight excluding hydrogens is 428 g/mol. The molecule has 0 saturated heterocycles. The Morgan fingerprint density at radius 2 is 1.59 bits per heavy atom. The lowest BCUT2D eigenvalue weighted by Gasteiger charge is -2.24.